The van der Waals surface area contributed by atoms with Crippen LogP contribution in [0.1, 0.15) is 19.3 Å². The van der Waals surface area contributed by atoms with Gasteiger partial charge in [-0.15, -0.1) is 5.10 Å². The molecule has 6 heteroatoms. The van der Waals surface area contributed by atoms with E-state index >= 15 is 0 Å². The molecule has 0 aromatic heterocycles. The zero-order valence-electron chi connectivity index (χ0n) is 8.93. The third-order valence-electron chi connectivity index (χ3n) is 3.23. The van der Waals surface area contributed by atoms with E-state index in [1.165, 1.54) is 15.4 Å². The van der Waals surface area contributed by atoms with E-state index in [1.807, 2.05) is 0 Å². The summed E-state index contributed by atoms with van der Waals surface area (Å²) in [6.07, 6.45) is 3.28. The van der Waals surface area contributed by atoms with Gasteiger partial charge in [0.05, 0.1) is 5.04 Å². The van der Waals surface area contributed by atoms with Crippen LogP contribution < -0.4 is 5.84 Å². The van der Waals surface area contributed by atoms with E-state index in [0.29, 0.717) is 5.96 Å². The maximum Gasteiger partial charge on any atom is 0.249 e. The van der Waals surface area contributed by atoms with Crippen molar-refractivity contribution < 1.29 is 4.79 Å². The molecule has 1 amide bonds. The molecule has 0 aromatic carbocycles. The number of aliphatic imine (C=N–C) groups is 1. The zero-order valence-corrected chi connectivity index (χ0v) is 9.75. The van der Waals surface area contributed by atoms with E-state index in [4.69, 9.17) is 5.84 Å². The maximum atomic E-state index is 12.2. The summed E-state index contributed by atoms with van der Waals surface area (Å²) in [5.41, 5.74) is 1.27. The minimum atomic E-state index is -0.141. The molecule has 0 aromatic rings. The molecule has 2 heterocycles. The molecule has 16 heavy (non-hydrogen) atoms. The predicted octanol–water partition coefficient (Wildman–Crippen LogP) is 0.888. The van der Waals surface area contributed by atoms with Gasteiger partial charge < -0.3 is 5.84 Å². The van der Waals surface area contributed by atoms with Gasteiger partial charge in [0, 0.05) is 7.05 Å². The Balaban J connectivity index is 2.06. The summed E-state index contributed by atoms with van der Waals surface area (Å²) in [5.74, 6) is 5.44. The average Bonchev–Trinajstić information content (AvgIpc) is 2.82. The average molecular weight is 236 g/mol. The first-order chi connectivity index (χ1) is 7.72. The Bertz CT molecular complexity index is 465. The summed E-state index contributed by atoms with van der Waals surface area (Å²) in [6.45, 7) is 0. The van der Waals surface area contributed by atoms with Crippen LogP contribution in [0.4, 0.5) is 0 Å². The van der Waals surface area contributed by atoms with Crippen LogP contribution in [0.3, 0.4) is 0 Å². The van der Waals surface area contributed by atoms with Crippen LogP contribution in [0.5, 0.6) is 0 Å². The highest BCUT2D eigenvalue weighted by molar-refractivity contribution is 8.17. The topological polar surface area (TPSA) is 71.0 Å². The number of guanidine groups is 1. The van der Waals surface area contributed by atoms with Gasteiger partial charge in [0.25, 0.3) is 0 Å². The van der Waals surface area contributed by atoms with Crippen molar-refractivity contribution in [2.45, 2.75) is 19.3 Å². The molecular weight excluding hydrogens is 224 g/mol. The molecule has 3 aliphatic rings. The van der Waals surface area contributed by atoms with Gasteiger partial charge in [-0.25, -0.2) is 4.99 Å². The number of hydrogen-bond acceptors (Lipinski definition) is 4. The Hall–Kier alpha value is -1.30. The zero-order chi connectivity index (χ0) is 11.3. The SMILES string of the molecule is CN1C(=O)C2C(=N/C1=N\N)SC1=C2CCC1. The molecule has 0 radical (unpaired) electrons. The number of carbonyl (C=O) groups excluding carboxylic acids is 1. The Morgan fingerprint density at radius 3 is 3.12 bits per heavy atom. The third kappa shape index (κ3) is 1.16. The van der Waals surface area contributed by atoms with Crippen molar-refractivity contribution in [2.24, 2.45) is 21.9 Å². The van der Waals surface area contributed by atoms with Crippen LogP contribution in [-0.2, 0) is 4.79 Å². The van der Waals surface area contributed by atoms with Gasteiger partial charge in [-0.05, 0) is 29.7 Å². The van der Waals surface area contributed by atoms with Crippen LogP contribution in [0.25, 0.3) is 0 Å². The predicted molar refractivity (Wildman–Crippen MR) is 63.8 cm³/mol. The number of fused-ring (bicyclic) bond motifs is 2. The van der Waals surface area contributed by atoms with E-state index in [0.717, 1.165) is 24.3 Å². The summed E-state index contributed by atoms with van der Waals surface area (Å²) in [4.78, 5) is 19.3. The van der Waals surface area contributed by atoms with Gasteiger partial charge in [0.2, 0.25) is 11.9 Å². The number of rotatable bonds is 0. The van der Waals surface area contributed by atoms with Crippen LogP contribution in [0.2, 0.25) is 0 Å². The fourth-order valence-electron chi connectivity index (χ4n) is 2.42. The van der Waals surface area contributed by atoms with Gasteiger partial charge in [0.15, 0.2) is 0 Å². The van der Waals surface area contributed by atoms with Crippen molar-refractivity contribution >= 4 is 28.7 Å². The van der Waals surface area contributed by atoms with Gasteiger partial charge in [-0.2, -0.15) is 0 Å². The molecule has 1 unspecified atom stereocenters. The number of hydrazone groups is 1. The van der Waals surface area contributed by atoms with Crippen molar-refractivity contribution in [3.05, 3.63) is 10.5 Å². The van der Waals surface area contributed by atoms with E-state index < -0.39 is 0 Å². The Morgan fingerprint density at radius 1 is 1.56 bits per heavy atom. The van der Waals surface area contributed by atoms with Crippen molar-refractivity contribution in [2.75, 3.05) is 7.05 Å². The maximum absolute atomic E-state index is 12.2. The van der Waals surface area contributed by atoms with Crippen LogP contribution in [0, 0.1) is 5.92 Å². The lowest BCUT2D eigenvalue weighted by molar-refractivity contribution is -0.127. The van der Waals surface area contributed by atoms with Crippen molar-refractivity contribution in [3.8, 4) is 0 Å². The van der Waals surface area contributed by atoms with E-state index in [2.05, 4.69) is 10.1 Å². The summed E-state index contributed by atoms with van der Waals surface area (Å²) < 4.78 is 0. The largest absolute Gasteiger partial charge is 0.320 e. The van der Waals surface area contributed by atoms with E-state index in [9.17, 15) is 4.79 Å². The van der Waals surface area contributed by atoms with Gasteiger partial charge in [0.1, 0.15) is 5.92 Å². The fraction of sp³-hybridized carbons (Fsp3) is 0.500. The normalized spacial score (nSPS) is 30.9. The lowest BCUT2D eigenvalue weighted by atomic mass is 9.97. The van der Waals surface area contributed by atoms with E-state index in [-0.39, 0.29) is 11.8 Å². The highest BCUT2D eigenvalue weighted by Crippen LogP contribution is 2.48. The summed E-state index contributed by atoms with van der Waals surface area (Å²) in [6, 6.07) is 0. The molecule has 3 rings (SSSR count). The fourth-order valence-corrected chi connectivity index (χ4v) is 3.76. The standard InChI is InChI=1S/C10H12N4OS/c1-14-9(15)7-5-3-2-4-6(5)16-8(7)12-10(14)13-11/h7H,2-4,11H2,1H3/b13-10+. The Morgan fingerprint density at radius 2 is 2.38 bits per heavy atom. The molecule has 0 saturated carbocycles. The van der Waals surface area contributed by atoms with Crippen molar-refractivity contribution in [1.82, 2.24) is 4.90 Å². The summed E-state index contributed by atoms with van der Waals surface area (Å²) in [7, 11) is 1.67. The molecule has 1 aliphatic carbocycles. The van der Waals surface area contributed by atoms with Gasteiger partial charge in [-0.3, -0.25) is 9.69 Å². The molecule has 0 spiro atoms. The highest BCUT2D eigenvalue weighted by atomic mass is 32.2. The number of nitrogens with two attached hydrogens (primary N) is 1. The molecule has 84 valence electrons. The Kier molecular flexibility index (Phi) is 2.07. The molecule has 0 bridgehead atoms. The molecule has 2 N–H and O–H groups in total. The van der Waals surface area contributed by atoms with Crippen LogP contribution in [-0.4, -0.2) is 28.9 Å². The number of allylic oxidation sites excluding steroid dienone is 1. The molecule has 0 saturated heterocycles. The molecule has 0 fully saturated rings. The lowest BCUT2D eigenvalue weighted by Gasteiger charge is -2.26. The first kappa shape index (κ1) is 9.89. The van der Waals surface area contributed by atoms with Crippen molar-refractivity contribution in [1.29, 1.82) is 0 Å². The number of amides is 1. The second-order valence-corrected chi connectivity index (χ2v) is 5.23. The third-order valence-corrected chi connectivity index (χ3v) is 4.48. The number of nitrogens with zero attached hydrogens (tertiary/aromatic N) is 3. The smallest absolute Gasteiger partial charge is 0.249 e. The van der Waals surface area contributed by atoms with E-state index in [1.54, 1.807) is 18.8 Å². The number of thioether (sulfide) groups is 1. The number of hydrogen-bond donors (Lipinski definition) is 1. The quantitative estimate of drug-likeness (QED) is 0.501. The lowest BCUT2D eigenvalue weighted by Crippen LogP contribution is -2.44. The number of carbonyl (C=O) groups is 1. The molecular formula is C10H12N4OS. The van der Waals surface area contributed by atoms with Crippen LogP contribution >= 0.6 is 11.8 Å². The minimum Gasteiger partial charge on any atom is -0.320 e. The monoisotopic (exact) mass is 236 g/mol. The van der Waals surface area contributed by atoms with Crippen molar-refractivity contribution in [3.63, 3.8) is 0 Å². The molecule has 2 aliphatic heterocycles. The molecule has 5 nitrogen and oxygen atoms in total. The first-order valence-electron chi connectivity index (χ1n) is 5.26. The summed E-state index contributed by atoms with van der Waals surface area (Å²) >= 11 is 1.64. The van der Waals surface area contributed by atoms with Crippen LogP contribution in [0.15, 0.2) is 20.6 Å². The first-order valence-corrected chi connectivity index (χ1v) is 6.08. The second-order valence-electron chi connectivity index (χ2n) is 4.11. The minimum absolute atomic E-state index is 0.0496. The van der Waals surface area contributed by atoms with Gasteiger partial charge >= 0.3 is 0 Å². The summed E-state index contributed by atoms with van der Waals surface area (Å²) in [5, 5.41) is 4.39. The Labute approximate surface area is 97.5 Å². The van der Waals surface area contributed by atoms with Gasteiger partial charge in [-0.1, -0.05) is 11.8 Å². The second kappa shape index (κ2) is 3.35. The highest BCUT2D eigenvalue weighted by Gasteiger charge is 2.44. The molecule has 1 atom stereocenters.